The highest BCUT2D eigenvalue weighted by Crippen LogP contribution is 2.78. The van der Waals surface area contributed by atoms with Gasteiger partial charge in [0.05, 0.1) is 0 Å². The summed E-state index contributed by atoms with van der Waals surface area (Å²) in [6.45, 7) is 2.22. The number of rotatable bonds is 1. The molecule has 2 heteroatoms. The van der Waals surface area contributed by atoms with Crippen LogP contribution >= 0.6 is 23.2 Å². The summed E-state index contributed by atoms with van der Waals surface area (Å²) in [5.74, 6) is 1.16. The van der Waals surface area contributed by atoms with Crippen LogP contribution in [0, 0.1) is 11.3 Å². The zero-order valence-electron chi connectivity index (χ0n) is 8.71. The molecule has 3 rings (SSSR count). The van der Waals surface area contributed by atoms with Crippen LogP contribution in [0.2, 0.25) is 0 Å². The topological polar surface area (TPSA) is 0 Å². The molecule has 0 bridgehead atoms. The van der Waals surface area contributed by atoms with E-state index in [9.17, 15) is 0 Å². The molecule has 0 saturated heterocycles. The van der Waals surface area contributed by atoms with Crippen LogP contribution in [-0.4, -0.2) is 4.33 Å². The predicted molar refractivity (Wildman–Crippen MR) is 64.5 cm³/mol. The molecule has 80 valence electrons. The summed E-state index contributed by atoms with van der Waals surface area (Å²) in [6.07, 6.45) is 2.28. The summed E-state index contributed by atoms with van der Waals surface area (Å²) in [4.78, 5) is 0. The Morgan fingerprint density at radius 3 is 2.40 bits per heavy atom. The second kappa shape index (κ2) is 2.93. The third-order valence-corrected chi connectivity index (χ3v) is 5.74. The quantitative estimate of drug-likeness (QED) is 0.640. The summed E-state index contributed by atoms with van der Waals surface area (Å²) in [5.41, 5.74) is 1.60. The molecule has 0 aliphatic heterocycles. The van der Waals surface area contributed by atoms with Crippen molar-refractivity contribution >= 4 is 23.2 Å². The molecular weight excluding hydrogens is 227 g/mol. The second-order valence-electron chi connectivity index (χ2n) is 5.14. The lowest BCUT2D eigenvalue weighted by Crippen LogP contribution is -2.09. The van der Waals surface area contributed by atoms with Gasteiger partial charge in [0.1, 0.15) is 4.33 Å². The lowest BCUT2D eigenvalue weighted by atomic mass is 9.91. The van der Waals surface area contributed by atoms with Gasteiger partial charge in [-0.05, 0) is 24.3 Å². The number of alkyl halides is 2. The lowest BCUT2D eigenvalue weighted by molar-refractivity contribution is 0.506. The van der Waals surface area contributed by atoms with Crippen LogP contribution in [0.15, 0.2) is 30.3 Å². The standard InChI is InChI=1S/C13H14Cl2/c1-12-8-10(7-11(12)13(12,14)15)9-5-3-2-4-6-9/h2-6,10-11H,7-8H2,1H3/t10-,11+,12-/m1/s1. The first-order valence-electron chi connectivity index (χ1n) is 5.48. The Kier molecular flexibility index (Phi) is 1.95. The van der Waals surface area contributed by atoms with Gasteiger partial charge in [0.2, 0.25) is 0 Å². The maximum atomic E-state index is 6.27. The molecule has 0 aromatic heterocycles. The van der Waals surface area contributed by atoms with Crippen molar-refractivity contribution in [3.05, 3.63) is 35.9 Å². The Hall–Kier alpha value is -0.200. The third kappa shape index (κ3) is 1.21. The van der Waals surface area contributed by atoms with Gasteiger partial charge in [-0.15, -0.1) is 23.2 Å². The van der Waals surface area contributed by atoms with Crippen LogP contribution < -0.4 is 0 Å². The Morgan fingerprint density at radius 1 is 1.20 bits per heavy atom. The molecule has 0 radical (unpaired) electrons. The van der Waals surface area contributed by atoms with Gasteiger partial charge in [-0.25, -0.2) is 0 Å². The minimum atomic E-state index is -0.446. The summed E-state index contributed by atoms with van der Waals surface area (Å²) >= 11 is 12.5. The van der Waals surface area contributed by atoms with Crippen molar-refractivity contribution in [2.75, 3.05) is 0 Å². The van der Waals surface area contributed by atoms with Gasteiger partial charge in [0.15, 0.2) is 0 Å². The fourth-order valence-electron chi connectivity index (χ4n) is 3.22. The van der Waals surface area contributed by atoms with Crippen molar-refractivity contribution in [1.82, 2.24) is 0 Å². The van der Waals surface area contributed by atoms with E-state index < -0.39 is 4.33 Å². The fourth-order valence-corrected chi connectivity index (χ4v) is 4.19. The van der Waals surface area contributed by atoms with E-state index in [1.165, 1.54) is 5.56 Å². The normalized spacial score (nSPS) is 41.3. The summed E-state index contributed by atoms with van der Waals surface area (Å²) < 4.78 is -0.446. The number of benzene rings is 1. The van der Waals surface area contributed by atoms with Gasteiger partial charge in [-0.3, -0.25) is 0 Å². The number of halogens is 2. The van der Waals surface area contributed by atoms with E-state index in [1.807, 2.05) is 0 Å². The monoisotopic (exact) mass is 240 g/mol. The minimum absolute atomic E-state index is 0.163. The maximum Gasteiger partial charge on any atom is 0.127 e. The Morgan fingerprint density at radius 2 is 1.87 bits per heavy atom. The van der Waals surface area contributed by atoms with E-state index in [2.05, 4.69) is 37.3 Å². The molecule has 0 heterocycles. The molecule has 2 saturated carbocycles. The zero-order valence-corrected chi connectivity index (χ0v) is 10.2. The molecule has 1 aromatic carbocycles. The van der Waals surface area contributed by atoms with Crippen molar-refractivity contribution < 1.29 is 0 Å². The van der Waals surface area contributed by atoms with Gasteiger partial charge >= 0.3 is 0 Å². The van der Waals surface area contributed by atoms with Gasteiger partial charge in [0.25, 0.3) is 0 Å². The molecule has 0 unspecified atom stereocenters. The highest BCUT2D eigenvalue weighted by atomic mass is 35.5. The van der Waals surface area contributed by atoms with Crippen molar-refractivity contribution in [3.8, 4) is 0 Å². The van der Waals surface area contributed by atoms with E-state index in [4.69, 9.17) is 23.2 Å². The van der Waals surface area contributed by atoms with E-state index >= 15 is 0 Å². The summed E-state index contributed by atoms with van der Waals surface area (Å²) in [6, 6.07) is 10.7. The van der Waals surface area contributed by atoms with Gasteiger partial charge in [-0.2, -0.15) is 0 Å². The van der Waals surface area contributed by atoms with Crippen molar-refractivity contribution in [3.63, 3.8) is 0 Å². The molecule has 3 atom stereocenters. The van der Waals surface area contributed by atoms with Crippen LogP contribution in [0.4, 0.5) is 0 Å². The summed E-state index contributed by atoms with van der Waals surface area (Å²) in [5, 5.41) is 0. The number of hydrogen-bond donors (Lipinski definition) is 0. The van der Waals surface area contributed by atoms with E-state index in [0.717, 1.165) is 12.8 Å². The van der Waals surface area contributed by atoms with Gasteiger partial charge in [-0.1, -0.05) is 37.3 Å². The molecular formula is C13H14Cl2. The highest BCUT2D eigenvalue weighted by Gasteiger charge is 2.76. The Balaban J connectivity index is 1.82. The van der Waals surface area contributed by atoms with Crippen molar-refractivity contribution in [2.24, 2.45) is 11.3 Å². The van der Waals surface area contributed by atoms with Crippen molar-refractivity contribution in [2.45, 2.75) is 30.0 Å². The van der Waals surface area contributed by atoms with E-state index in [1.54, 1.807) is 0 Å². The van der Waals surface area contributed by atoms with E-state index in [0.29, 0.717) is 11.8 Å². The van der Waals surface area contributed by atoms with Crippen molar-refractivity contribution in [1.29, 1.82) is 0 Å². The van der Waals surface area contributed by atoms with Crippen LogP contribution in [0.25, 0.3) is 0 Å². The average molecular weight is 241 g/mol. The largest absolute Gasteiger partial charge is 0.127 e. The molecule has 2 fully saturated rings. The molecule has 0 amide bonds. The minimum Gasteiger partial charge on any atom is -0.101 e. The third-order valence-electron chi connectivity index (χ3n) is 4.35. The molecule has 0 nitrogen and oxygen atoms in total. The zero-order chi connectivity index (χ0) is 10.7. The SMILES string of the molecule is C[C@@]12C[C@H](c3ccccc3)C[C@@H]1C2(Cl)Cl. The molecule has 1 aromatic rings. The number of fused-ring (bicyclic) bond motifs is 1. The first kappa shape index (κ1) is 9.99. The maximum absolute atomic E-state index is 6.27. The van der Waals surface area contributed by atoms with Gasteiger partial charge < -0.3 is 0 Å². The van der Waals surface area contributed by atoms with Crippen LogP contribution in [0.3, 0.4) is 0 Å². The van der Waals surface area contributed by atoms with Crippen LogP contribution in [0.1, 0.15) is 31.2 Å². The predicted octanol–water partition coefficient (Wildman–Crippen LogP) is 4.37. The highest BCUT2D eigenvalue weighted by molar-refractivity contribution is 6.52. The van der Waals surface area contributed by atoms with Gasteiger partial charge in [0, 0.05) is 11.3 Å². The summed E-state index contributed by atoms with van der Waals surface area (Å²) in [7, 11) is 0. The van der Waals surface area contributed by atoms with E-state index in [-0.39, 0.29) is 5.41 Å². The first-order valence-corrected chi connectivity index (χ1v) is 6.24. The Labute approximate surface area is 101 Å². The molecule has 2 aliphatic rings. The fraction of sp³-hybridized carbons (Fsp3) is 0.538. The second-order valence-corrected chi connectivity index (χ2v) is 6.53. The van der Waals surface area contributed by atoms with Crippen LogP contribution in [-0.2, 0) is 0 Å². The van der Waals surface area contributed by atoms with Crippen LogP contribution in [0.5, 0.6) is 0 Å². The molecule has 2 aliphatic carbocycles. The Bertz CT molecular complexity index is 385. The molecule has 0 N–H and O–H groups in total. The molecule has 0 spiro atoms. The average Bonchev–Trinajstić information content (AvgIpc) is 2.57. The smallest absolute Gasteiger partial charge is 0.101 e. The lowest BCUT2D eigenvalue weighted by Gasteiger charge is -2.18. The first-order chi connectivity index (χ1) is 7.06. The molecule has 15 heavy (non-hydrogen) atoms. The number of hydrogen-bond acceptors (Lipinski definition) is 0.